The average molecular weight is 290 g/mol. The summed E-state index contributed by atoms with van der Waals surface area (Å²) in [5.41, 5.74) is 6.16. The molecule has 3 nitrogen and oxygen atoms in total. The van der Waals surface area contributed by atoms with E-state index in [1.54, 1.807) is 32.0 Å². The number of carbonyl (C=O) groups is 1. The second kappa shape index (κ2) is 5.91. The van der Waals surface area contributed by atoms with Crippen LogP contribution in [0.2, 0.25) is 10.0 Å². The quantitative estimate of drug-likeness (QED) is 0.862. The Labute approximate surface area is 117 Å². The SMILES string of the molecule is COC(=O)C(C)(C)CC(N)c1cc(Cl)ccc1Cl. The molecular formula is C13H17Cl2NO2. The Hall–Kier alpha value is -0.770. The standard InChI is InChI=1S/C13H17Cl2NO2/c1-13(2,12(17)18-3)7-11(16)9-6-8(14)4-5-10(9)15/h4-6,11H,7,16H2,1-3H3. The number of benzene rings is 1. The molecule has 0 fully saturated rings. The van der Waals surface area contributed by atoms with Crippen LogP contribution in [0.4, 0.5) is 0 Å². The number of esters is 1. The lowest BCUT2D eigenvalue weighted by atomic mass is 9.84. The van der Waals surface area contributed by atoms with Crippen LogP contribution in [0, 0.1) is 5.41 Å². The minimum atomic E-state index is -0.667. The zero-order chi connectivity index (χ0) is 13.9. The number of hydrogen-bond donors (Lipinski definition) is 1. The van der Waals surface area contributed by atoms with Gasteiger partial charge in [0, 0.05) is 16.1 Å². The van der Waals surface area contributed by atoms with Crippen LogP contribution >= 0.6 is 23.2 Å². The van der Waals surface area contributed by atoms with E-state index in [1.165, 1.54) is 7.11 Å². The summed E-state index contributed by atoms with van der Waals surface area (Å²) >= 11 is 12.0. The van der Waals surface area contributed by atoms with Gasteiger partial charge in [0.15, 0.2) is 0 Å². The van der Waals surface area contributed by atoms with Gasteiger partial charge in [-0.3, -0.25) is 4.79 Å². The molecule has 1 rings (SSSR count). The van der Waals surface area contributed by atoms with Gasteiger partial charge in [-0.25, -0.2) is 0 Å². The van der Waals surface area contributed by atoms with Crippen molar-refractivity contribution in [2.24, 2.45) is 11.1 Å². The molecule has 0 saturated carbocycles. The Morgan fingerprint density at radius 1 is 1.44 bits per heavy atom. The van der Waals surface area contributed by atoms with Gasteiger partial charge in [0.05, 0.1) is 12.5 Å². The zero-order valence-electron chi connectivity index (χ0n) is 10.7. The van der Waals surface area contributed by atoms with Crippen molar-refractivity contribution in [2.75, 3.05) is 7.11 Å². The highest BCUT2D eigenvalue weighted by atomic mass is 35.5. The molecule has 5 heteroatoms. The van der Waals surface area contributed by atoms with Crippen LogP contribution in [0.15, 0.2) is 18.2 Å². The molecule has 1 atom stereocenters. The Kier molecular flexibility index (Phi) is 5.02. The van der Waals surface area contributed by atoms with Crippen molar-refractivity contribution in [1.29, 1.82) is 0 Å². The van der Waals surface area contributed by atoms with Gasteiger partial charge in [0.2, 0.25) is 0 Å². The lowest BCUT2D eigenvalue weighted by Gasteiger charge is -2.25. The van der Waals surface area contributed by atoms with Gasteiger partial charge in [-0.05, 0) is 44.0 Å². The molecule has 0 aliphatic rings. The predicted molar refractivity (Wildman–Crippen MR) is 73.8 cm³/mol. The molecule has 2 N–H and O–H groups in total. The lowest BCUT2D eigenvalue weighted by Crippen LogP contribution is -2.30. The molecule has 1 unspecified atom stereocenters. The number of methoxy groups -OCH3 is 1. The number of halogens is 2. The van der Waals surface area contributed by atoms with Crippen molar-refractivity contribution in [3.8, 4) is 0 Å². The third kappa shape index (κ3) is 3.61. The van der Waals surface area contributed by atoms with E-state index in [0.29, 0.717) is 16.5 Å². The average Bonchev–Trinajstić information content (AvgIpc) is 2.30. The second-order valence-electron chi connectivity index (χ2n) is 4.85. The Balaban J connectivity index is 2.91. The summed E-state index contributed by atoms with van der Waals surface area (Å²) in [6.07, 6.45) is 0.430. The summed E-state index contributed by atoms with van der Waals surface area (Å²) in [6.45, 7) is 3.58. The molecule has 18 heavy (non-hydrogen) atoms. The molecule has 0 radical (unpaired) electrons. The van der Waals surface area contributed by atoms with E-state index in [1.807, 2.05) is 0 Å². The third-order valence-corrected chi connectivity index (χ3v) is 3.41. The molecule has 0 aliphatic carbocycles. The van der Waals surface area contributed by atoms with Gasteiger partial charge >= 0.3 is 5.97 Å². The summed E-state index contributed by atoms with van der Waals surface area (Å²) in [5, 5.41) is 1.12. The van der Waals surface area contributed by atoms with Crippen molar-refractivity contribution in [3.05, 3.63) is 33.8 Å². The van der Waals surface area contributed by atoms with Crippen molar-refractivity contribution in [1.82, 2.24) is 0 Å². The molecule has 1 aromatic rings. The molecule has 0 heterocycles. The minimum Gasteiger partial charge on any atom is -0.469 e. The smallest absolute Gasteiger partial charge is 0.311 e. The van der Waals surface area contributed by atoms with Gasteiger partial charge in [0.1, 0.15) is 0 Å². The van der Waals surface area contributed by atoms with Crippen molar-refractivity contribution in [2.45, 2.75) is 26.3 Å². The van der Waals surface area contributed by atoms with E-state index >= 15 is 0 Å². The van der Waals surface area contributed by atoms with Gasteiger partial charge in [0.25, 0.3) is 0 Å². The Morgan fingerprint density at radius 3 is 2.61 bits per heavy atom. The van der Waals surface area contributed by atoms with E-state index in [2.05, 4.69) is 0 Å². The van der Waals surface area contributed by atoms with E-state index < -0.39 is 5.41 Å². The molecule has 0 aliphatic heterocycles. The van der Waals surface area contributed by atoms with Gasteiger partial charge in [-0.15, -0.1) is 0 Å². The molecule has 0 saturated heterocycles. The summed E-state index contributed by atoms with van der Waals surface area (Å²) in [6, 6.07) is 4.75. The second-order valence-corrected chi connectivity index (χ2v) is 5.70. The Bertz CT molecular complexity index is 447. The molecule has 0 bridgehead atoms. The first kappa shape index (κ1) is 15.3. The number of nitrogens with two attached hydrogens (primary N) is 1. The topological polar surface area (TPSA) is 52.3 Å². The Morgan fingerprint density at radius 2 is 2.06 bits per heavy atom. The monoisotopic (exact) mass is 289 g/mol. The van der Waals surface area contributed by atoms with Crippen LogP contribution in [-0.4, -0.2) is 13.1 Å². The van der Waals surface area contributed by atoms with Gasteiger partial charge < -0.3 is 10.5 Å². The first-order valence-electron chi connectivity index (χ1n) is 5.57. The largest absolute Gasteiger partial charge is 0.469 e. The maximum Gasteiger partial charge on any atom is 0.311 e. The lowest BCUT2D eigenvalue weighted by molar-refractivity contribution is -0.151. The highest BCUT2D eigenvalue weighted by Crippen LogP contribution is 2.33. The van der Waals surface area contributed by atoms with Crippen LogP contribution in [0.5, 0.6) is 0 Å². The van der Waals surface area contributed by atoms with Crippen molar-refractivity contribution < 1.29 is 9.53 Å². The minimum absolute atomic E-state index is 0.295. The molecule has 0 aromatic heterocycles. The summed E-state index contributed by atoms with van der Waals surface area (Å²) in [5.74, 6) is -0.295. The first-order chi connectivity index (χ1) is 8.27. The maximum atomic E-state index is 11.6. The van der Waals surface area contributed by atoms with Crippen LogP contribution in [0.3, 0.4) is 0 Å². The fraction of sp³-hybridized carbons (Fsp3) is 0.462. The van der Waals surface area contributed by atoms with Crippen molar-refractivity contribution in [3.63, 3.8) is 0 Å². The van der Waals surface area contributed by atoms with E-state index in [4.69, 9.17) is 33.7 Å². The molecule has 1 aromatic carbocycles. The molecular weight excluding hydrogens is 273 g/mol. The van der Waals surface area contributed by atoms with Crippen LogP contribution in [-0.2, 0) is 9.53 Å². The fourth-order valence-electron chi connectivity index (χ4n) is 1.82. The highest BCUT2D eigenvalue weighted by Gasteiger charge is 2.31. The van der Waals surface area contributed by atoms with E-state index in [9.17, 15) is 4.79 Å². The van der Waals surface area contributed by atoms with Crippen LogP contribution < -0.4 is 5.73 Å². The van der Waals surface area contributed by atoms with Crippen LogP contribution in [0.1, 0.15) is 31.9 Å². The van der Waals surface area contributed by atoms with Crippen molar-refractivity contribution >= 4 is 29.2 Å². The van der Waals surface area contributed by atoms with Gasteiger partial charge in [-0.2, -0.15) is 0 Å². The summed E-state index contributed by atoms with van der Waals surface area (Å²) in [4.78, 5) is 11.6. The molecule has 100 valence electrons. The first-order valence-corrected chi connectivity index (χ1v) is 6.32. The number of ether oxygens (including phenoxy) is 1. The van der Waals surface area contributed by atoms with E-state index in [0.717, 1.165) is 5.56 Å². The molecule has 0 spiro atoms. The summed E-state index contributed by atoms with van der Waals surface area (Å²) in [7, 11) is 1.36. The normalized spacial score (nSPS) is 13.2. The molecule has 0 amide bonds. The predicted octanol–water partition coefficient (Wildman–Crippen LogP) is 3.58. The fourth-order valence-corrected chi connectivity index (χ4v) is 2.26. The highest BCUT2D eigenvalue weighted by molar-refractivity contribution is 6.33. The van der Waals surface area contributed by atoms with Gasteiger partial charge in [-0.1, -0.05) is 23.2 Å². The maximum absolute atomic E-state index is 11.6. The number of rotatable bonds is 4. The van der Waals surface area contributed by atoms with Crippen LogP contribution in [0.25, 0.3) is 0 Å². The zero-order valence-corrected chi connectivity index (χ0v) is 12.2. The number of carbonyl (C=O) groups excluding carboxylic acids is 1. The third-order valence-electron chi connectivity index (χ3n) is 2.83. The number of hydrogen-bond acceptors (Lipinski definition) is 3. The van der Waals surface area contributed by atoms with E-state index in [-0.39, 0.29) is 12.0 Å². The summed E-state index contributed by atoms with van der Waals surface area (Å²) < 4.78 is 4.75.